The van der Waals surface area contributed by atoms with Crippen LogP contribution < -0.4 is 10.6 Å². The van der Waals surface area contributed by atoms with Crippen molar-refractivity contribution < 1.29 is 0 Å². The van der Waals surface area contributed by atoms with E-state index in [2.05, 4.69) is 25.6 Å². The quantitative estimate of drug-likeness (QED) is 0.892. The summed E-state index contributed by atoms with van der Waals surface area (Å²) in [6, 6.07) is 6.38. The summed E-state index contributed by atoms with van der Waals surface area (Å²) >= 11 is 0. The van der Waals surface area contributed by atoms with E-state index in [4.69, 9.17) is 0 Å². The molecule has 0 amide bonds. The Morgan fingerprint density at radius 2 is 2.30 bits per heavy atom. The van der Waals surface area contributed by atoms with Gasteiger partial charge in [0, 0.05) is 36.6 Å². The molecule has 0 bridgehead atoms. The monoisotopic (exact) mass is 269 g/mol. The van der Waals surface area contributed by atoms with Crippen LogP contribution in [0.15, 0.2) is 30.6 Å². The van der Waals surface area contributed by atoms with Crippen molar-refractivity contribution in [2.75, 3.05) is 18.4 Å². The number of nitrogens with one attached hydrogen (secondary N) is 2. The summed E-state index contributed by atoms with van der Waals surface area (Å²) in [7, 11) is 0. The van der Waals surface area contributed by atoms with Crippen molar-refractivity contribution in [3.05, 3.63) is 36.4 Å². The highest BCUT2D eigenvalue weighted by Crippen LogP contribution is 2.19. The largest absolute Gasteiger partial charge is 0.366 e. The highest BCUT2D eigenvalue weighted by Gasteiger charge is 2.14. The minimum atomic E-state index is 0.444. The molecule has 2 aromatic heterocycles. The number of anilines is 1. The van der Waals surface area contributed by atoms with Gasteiger partial charge in [0.05, 0.1) is 5.69 Å². The smallest absolute Gasteiger partial charge is 0.130 e. The van der Waals surface area contributed by atoms with Gasteiger partial charge in [0.15, 0.2) is 0 Å². The Balaban J connectivity index is 1.83. The van der Waals surface area contributed by atoms with Crippen LogP contribution in [0.2, 0.25) is 0 Å². The number of hydrogen-bond donors (Lipinski definition) is 2. The molecule has 1 saturated heterocycles. The van der Waals surface area contributed by atoms with Gasteiger partial charge in [-0.2, -0.15) is 0 Å². The van der Waals surface area contributed by atoms with Crippen LogP contribution in [0, 0.1) is 6.92 Å². The van der Waals surface area contributed by atoms with E-state index < -0.39 is 0 Å². The first-order valence-electron chi connectivity index (χ1n) is 7.04. The zero-order valence-corrected chi connectivity index (χ0v) is 11.6. The third kappa shape index (κ3) is 3.11. The standard InChI is InChI=1S/C15H19N5/c1-11-18-14(12-4-2-6-16-9-12)8-15(19-11)20-13-5-3-7-17-10-13/h2,4,6,8-9,13,17H,3,5,7,10H2,1H3,(H,18,19,20). The molecule has 1 aliphatic heterocycles. The molecule has 0 spiro atoms. The molecule has 0 radical (unpaired) electrons. The van der Waals surface area contributed by atoms with Crippen molar-refractivity contribution >= 4 is 5.82 Å². The summed E-state index contributed by atoms with van der Waals surface area (Å²) in [4.78, 5) is 13.1. The molecule has 3 rings (SSSR count). The molecule has 104 valence electrons. The van der Waals surface area contributed by atoms with E-state index in [1.165, 1.54) is 12.8 Å². The van der Waals surface area contributed by atoms with E-state index in [9.17, 15) is 0 Å². The van der Waals surface area contributed by atoms with E-state index in [1.54, 1.807) is 6.20 Å². The second-order valence-electron chi connectivity index (χ2n) is 5.11. The van der Waals surface area contributed by atoms with Crippen LogP contribution >= 0.6 is 0 Å². The van der Waals surface area contributed by atoms with E-state index in [0.717, 1.165) is 36.0 Å². The average molecular weight is 269 g/mol. The summed E-state index contributed by atoms with van der Waals surface area (Å²) < 4.78 is 0. The van der Waals surface area contributed by atoms with E-state index >= 15 is 0 Å². The Hall–Kier alpha value is -2.01. The van der Waals surface area contributed by atoms with Gasteiger partial charge in [-0.1, -0.05) is 0 Å². The molecule has 0 saturated carbocycles. The highest BCUT2D eigenvalue weighted by molar-refractivity contribution is 5.61. The first-order valence-corrected chi connectivity index (χ1v) is 7.04. The number of rotatable bonds is 3. The lowest BCUT2D eigenvalue weighted by atomic mass is 10.1. The summed E-state index contributed by atoms with van der Waals surface area (Å²) in [5.41, 5.74) is 1.93. The highest BCUT2D eigenvalue weighted by atomic mass is 15.1. The topological polar surface area (TPSA) is 62.7 Å². The fourth-order valence-corrected chi connectivity index (χ4v) is 2.49. The Labute approximate surface area is 118 Å². The van der Waals surface area contributed by atoms with Gasteiger partial charge >= 0.3 is 0 Å². The Bertz CT molecular complexity index is 564. The second-order valence-corrected chi connectivity index (χ2v) is 5.11. The molecule has 1 fully saturated rings. The first kappa shape index (κ1) is 13.0. The van der Waals surface area contributed by atoms with Crippen LogP contribution in [-0.4, -0.2) is 34.1 Å². The van der Waals surface area contributed by atoms with Gasteiger partial charge < -0.3 is 10.6 Å². The Morgan fingerprint density at radius 1 is 1.35 bits per heavy atom. The van der Waals surface area contributed by atoms with Gasteiger partial charge in [-0.25, -0.2) is 9.97 Å². The summed E-state index contributed by atoms with van der Waals surface area (Å²) in [6.45, 7) is 4.03. The molecule has 5 heteroatoms. The van der Waals surface area contributed by atoms with Gasteiger partial charge in [0.1, 0.15) is 11.6 Å². The molecule has 2 aromatic rings. The summed E-state index contributed by atoms with van der Waals surface area (Å²) in [5.74, 6) is 1.67. The van der Waals surface area contributed by atoms with Crippen LogP contribution in [0.3, 0.4) is 0 Å². The van der Waals surface area contributed by atoms with Crippen molar-refractivity contribution in [3.8, 4) is 11.3 Å². The molecule has 20 heavy (non-hydrogen) atoms. The minimum absolute atomic E-state index is 0.444. The zero-order chi connectivity index (χ0) is 13.8. The molecule has 0 aromatic carbocycles. The van der Waals surface area contributed by atoms with E-state index in [0.29, 0.717) is 6.04 Å². The maximum Gasteiger partial charge on any atom is 0.130 e. The Kier molecular flexibility index (Phi) is 3.87. The number of hydrogen-bond acceptors (Lipinski definition) is 5. The fourth-order valence-electron chi connectivity index (χ4n) is 2.49. The lowest BCUT2D eigenvalue weighted by Gasteiger charge is -2.24. The first-order chi connectivity index (χ1) is 9.81. The number of aromatic nitrogens is 3. The molecule has 1 aliphatic rings. The number of nitrogens with zero attached hydrogens (tertiary/aromatic N) is 3. The Morgan fingerprint density at radius 3 is 3.05 bits per heavy atom. The fraction of sp³-hybridized carbons (Fsp3) is 0.400. The second kappa shape index (κ2) is 5.96. The molecule has 1 unspecified atom stereocenters. The van der Waals surface area contributed by atoms with Crippen molar-refractivity contribution in [2.45, 2.75) is 25.8 Å². The normalized spacial score (nSPS) is 18.8. The van der Waals surface area contributed by atoms with Crippen LogP contribution in [0.5, 0.6) is 0 Å². The van der Waals surface area contributed by atoms with Crippen LogP contribution in [0.1, 0.15) is 18.7 Å². The van der Waals surface area contributed by atoms with Gasteiger partial charge in [0.25, 0.3) is 0 Å². The van der Waals surface area contributed by atoms with Crippen molar-refractivity contribution in [3.63, 3.8) is 0 Å². The number of pyridine rings is 1. The van der Waals surface area contributed by atoms with Gasteiger partial charge in [-0.3, -0.25) is 4.98 Å². The van der Waals surface area contributed by atoms with Crippen LogP contribution in [-0.2, 0) is 0 Å². The lowest BCUT2D eigenvalue weighted by Crippen LogP contribution is -2.38. The molecule has 3 heterocycles. The predicted octanol–water partition coefficient (Wildman–Crippen LogP) is 2.01. The molecule has 0 aliphatic carbocycles. The third-order valence-electron chi connectivity index (χ3n) is 3.44. The van der Waals surface area contributed by atoms with E-state index in [1.807, 2.05) is 31.3 Å². The van der Waals surface area contributed by atoms with Gasteiger partial charge in [-0.05, 0) is 38.4 Å². The SMILES string of the molecule is Cc1nc(NC2CCCNC2)cc(-c2cccnc2)n1. The molecule has 2 N–H and O–H groups in total. The average Bonchev–Trinajstić information content (AvgIpc) is 2.49. The third-order valence-corrected chi connectivity index (χ3v) is 3.44. The van der Waals surface area contributed by atoms with Crippen molar-refractivity contribution in [2.24, 2.45) is 0 Å². The van der Waals surface area contributed by atoms with Gasteiger partial charge in [-0.15, -0.1) is 0 Å². The molecule has 5 nitrogen and oxygen atoms in total. The number of aryl methyl sites for hydroxylation is 1. The molecule has 1 atom stereocenters. The van der Waals surface area contributed by atoms with Crippen LogP contribution in [0.25, 0.3) is 11.3 Å². The van der Waals surface area contributed by atoms with Crippen LogP contribution in [0.4, 0.5) is 5.82 Å². The maximum atomic E-state index is 4.49. The molecular formula is C15H19N5. The van der Waals surface area contributed by atoms with E-state index in [-0.39, 0.29) is 0 Å². The summed E-state index contributed by atoms with van der Waals surface area (Å²) in [5, 5.41) is 6.90. The zero-order valence-electron chi connectivity index (χ0n) is 11.6. The minimum Gasteiger partial charge on any atom is -0.366 e. The molecular weight excluding hydrogens is 250 g/mol. The van der Waals surface area contributed by atoms with Crippen molar-refractivity contribution in [1.29, 1.82) is 0 Å². The number of piperidine rings is 1. The maximum absolute atomic E-state index is 4.49. The lowest BCUT2D eigenvalue weighted by molar-refractivity contribution is 0.479. The van der Waals surface area contributed by atoms with Gasteiger partial charge in [0.2, 0.25) is 0 Å². The summed E-state index contributed by atoms with van der Waals surface area (Å²) in [6.07, 6.45) is 5.98. The van der Waals surface area contributed by atoms with Crippen molar-refractivity contribution in [1.82, 2.24) is 20.3 Å². The predicted molar refractivity (Wildman–Crippen MR) is 79.5 cm³/mol.